The summed E-state index contributed by atoms with van der Waals surface area (Å²) < 4.78 is 64.8. The Morgan fingerprint density at radius 2 is 1.78 bits per heavy atom. The van der Waals surface area contributed by atoms with Crippen LogP contribution in [0.15, 0.2) is 42.6 Å². The van der Waals surface area contributed by atoms with E-state index in [0.29, 0.717) is 22.0 Å². The zero-order valence-electron chi connectivity index (χ0n) is 11.2. The molecule has 1 aromatic carbocycles. The van der Waals surface area contributed by atoms with Gasteiger partial charge in [0.05, 0.1) is 22.8 Å². The molecule has 0 saturated carbocycles. The summed E-state index contributed by atoms with van der Waals surface area (Å²) >= 11 is 0. The first-order chi connectivity index (χ1) is 10.7. The minimum Gasteiger partial charge on any atom is -0.374 e. The Labute approximate surface area is 128 Å². The molecule has 23 heavy (non-hydrogen) atoms. The Balaban J connectivity index is 2.21. The molecule has 3 aromatic rings. The molecule has 2 heterocycles. The van der Waals surface area contributed by atoms with Crippen LogP contribution in [0, 0.1) is 11.3 Å². The first kappa shape index (κ1) is 15.2. The highest BCUT2D eigenvalue weighted by atomic mass is 32.2. The number of nitrogens with zero attached hydrogens (tertiary/aromatic N) is 2. The van der Waals surface area contributed by atoms with Crippen LogP contribution in [-0.2, 0) is 10.1 Å². The van der Waals surface area contributed by atoms with E-state index in [9.17, 15) is 26.9 Å². The molecule has 0 amide bonds. The van der Waals surface area contributed by atoms with Crippen molar-refractivity contribution in [3.8, 4) is 11.8 Å². The molecular weight excluding hydrogens is 333 g/mol. The van der Waals surface area contributed by atoms with Gasteiger partial charge in [0.15, 0.2) is 5.75 Å². The van der Waals surface area contributed by atoms with Gasteiger partial charge in [-0.25, -0.2) is 0 Å². The summed E-state index contributed by atoms with van der Waals surface area (Å²) in [6.07, 6.45) is 1.10. The second-order valence-corrected chi connectivity index (χ2v) is 6.15. The van der Waals surface area contributed by atoms with E-state index >= 15 is 0 Å². The molecule has 0 N–H and O–H groups in total. The topological polar surface area (TPSA) is 71.6 Å². The number of hydrogen-bond donors (Lipinski definition) is 0. The fourth-order valence-corrected chi connectivity index (χ4v) is 2.70. The summed E-state index contributed by atoms with van der Waals surface area (Å²) in [4.78, 5) is 0. The molecule has 2 aromatic heterocycles. The molecule has 118 valence electrons. The van der Waals surface area contributed by atoms with Crippen molar-refractivity contribution in [2.75, 3.05) is 0 Å². The number of halogens is 3. The van der Waals surface area contributed by atoms with Gasteiger partial charge < -0.3 is 8.58 Å². The summed E-state index contributed by atoms with van der Waals surface area (Å²) in [6, 6.07) is 11.2. The van der Waals surface area contributed by atoms with E-state index in [1.165, 1.54) is 10.5 Å². The quantitative estimate of drug-likeness (QED) is 0.530. The Bertz CT molecular complexity index is 1060. The molecule has 0 atom stereocenters. The summed E-state index contributed by atoms with van der Waals surface area (Å²) in [6.45, 7) is 0. The summed E-state index contributed by atoms with van der Waals surface area (Å²) in [5.41, 5.74) is -4.19. The van der Waals surface area contributed by atoms with Crippen LogP contribution in [0.4, 0.5) is 13.2 Å². The Hall–Kier alpha value is -2.73. The third-order valence-corrected chi connectivity index (χ3v) is 4.19. The van der Waals surface area contributed by atoms with Crippen LogP contribution in [0.2, 0.25) is 0 Å². The van der Waals surface area contributed by atoms with Crippen molar-refractivity contribution >= 4 is 26.5 Å². The van der Waals surface area contributed by atoms with E-state index in [1.807, 2.05) is 6.07 Å². The molecule has 0 saturated heterocycles. The van der Waals surface area contributed by atoms with Crippen LogP contribution < -0.4 is 4.18 Å². The van der Waals surface area contributed by atoms with Crippen molar-refractivity contribution in [1.29, 1.82) is 5.26 Å². The molecule has 0 spiro atoms. The van der Waals surface area contributed by atoms with E-state index in [0.717, 1.165) is 12.3 Å². The number of alkyl halides is 3. The average molecular weight is 340 g/mol. The number of hydrogen-bond acceptors (Lipinski definition) is 4. The number of aromatic nitrogens is 1. The zero-order chi connectivity index (χ0) is 16.8. The average Bonchev–Trinajstić information content (AvgIpc) is 2.79. The van der Waals surface area contributed by atoms with E-state index < -0.39 is 21.4 Å². The zero-order valence-corrected chi connectivity index (χ0v) is 12.0. The first-order valence-corrected chi connectivity index (χ1v) is 7.59. The summed E-state index contributed by atoms with van der Waals surface area (Å²) in [5.74, 6) is -0.500. The van der Waals surface area contributed by atoms with Crippen molar-refractivity contribution < 1.29 is 25.8 Å². The predicted octanol–water partition coefficient (Wildman–Crippen LogP) is 3.19. The van der Waals surface area contributed by atoms with Gasteiger partial charge in [0.2, 0.25) is 0 Å². The lowest BCUT2D eigenvalue weighted by Gasteiger charge is -2.09. The molecule has 5 nitrogen and oxygen atoms in total. The number of rotatable bonds is 2. The number of fused-ring (bicyclic) bond motifs is 3. The van der Waals surface area contributed by atoms with Gasteiger partial charge in [0.1, 0.15) is 6.07 Å². The maximum Gasteiger partial charge on any atom is 0.534 e. The predicted molar refractivity (Wildman–Crippen MR) is 75.2 cm³/mol. The molecule has 0 radical (unpaired) electrons. The highest BCUT2D eigenvalue weighted by Gasteiger charge is 2.48. The molecule has 0 fully saturated rings. The van der Waals surface area contributed by atoms with Gasteiger partial charge in [-0.05, 0) is 18.2 Å². The first-order valence-electron chi connectivity index (χ1n) is 6.18. The fraction of sp³-hybridized carbons (Fsp3) is 0.0714. The van der Waals surface area contributed by atoms with E-state index in [-0.39, 0.29) is 0 Å². The van der Waals surface area contributed by atoms with E-state index in [1.54, 1.807) is 24.3 Å². The number of benzene rings is 1. The molecule has 0 aliphatic heterocycles. The second kappa shape index (κ2) is 4.89. The molecule has 0 aliphatic carbocycles. The molecule has 0 unspecified atom stereocenters. The lowest BCUT2D eigenvalue weighted by Crippen LogP contribution is -2.28. The second-order valence-electron chi connectivity index (χ2n) is 4.61. The van der Waals surface area contributed by atoms with Gasteiger partial charge in [0.25, 0.3) is 0 Å². The minimum absolute atomic E-state index is 0.339. The van der Waals surface area contributed by atoms with Gasteiger partial charge in [-0.3, -0.25) is 0 Å². The highest BCUT2D eigenvalue weighted by molar-refractivity contribution is 7.88. The van der Waals surface area contributed by atoms with Crippen molar-refractivity contribution in [3.63, 3.8) is 0 Å². The molecule has 0 bridgehead atoms. The van der Waals surface area contributed by atoms with Crippen molar-refractivity contribution in [1.82, 2.24) is 4.40 Å². The minimum atomic E-state index is -5.75. The van der Waals surface area contributed by atoms with Gasteiger partial charge in [-0.15, -0.1) is 0 Å². The Morgan fingerprint density at radius 1 is 1.09 bits per heavy atom. The lowest BCUT2D eigenvalue weighted by atomic mass is 10.2. The Kier molecular flexibility index (Phi) is 3.23. The highest BCUT2D eigenvalue weighted by Crippen LogP contribution is 2.30. The van der Waals surface area contributed by atoms with Crippen LogP contribution >= 0.6 is 0 Å². The van der Waals surface area contributed by atoms with Gasteiger partial charge >= 0.3 is 15.6 Å². The maximum absolute atomic E-state index is 12.4. The van der Waals surface area contributed by atoms with Crippen LogP contribution in [0.25, 0.3) is 16.4 Å². The summed E-state index contributed by atoms with van der Waals surface area (Å²) in [5, 5.41) is 9.85. The van der Waals surface area contributed by atoms with Crippen molar-refractivity contribution in [2.24, 2.45) is 0 Å². The standard InChI is InChI=1S/C14H7F3N2O3S/c15-14(16,17)23(20,21)22-9-5-6-13-11(7-18)10-3-1-2-4-12(10)19(13)8-9/h1-6,8H. The van der Waals surface area contributed by atoms with Crippen LogP contribution in [0.1, 0.15) is 5.56 Å². The maximum atomic E-state index is 12.4. The van der Waals surface area contributed by atoms with Gasteiger partial charge in [-0.1, -0.05) is 18.2 Å². The third-order valence-electron chi connectivity index (χ3n) is 3.21. The summed E-state index contributed by atoms with van der Waals surface area (Å²) in [7, 11) is -5.75. The van der Waals surface area contributed by atoms with Crippen molar-refractivity contribution in [3.05, 3.63) is 48.2 Å². The van der Waals surface area contributed by atoms with E-state index in [4.69, 9.17) is 0 Å². The lowest BCUT2D eigenvalue weighted by molar-refractivity contribution is -0.0500. The van der Waals surface area contributed by atoms with E-state index in [2.05, 4.69) is 4.18 Å². The largest absolute Gasteiger partial charge is 0.534 e. The Morgan fingerprint density at radius 3 is 2.43 bits per heavy atom. The van der Waals surface area contributed by atoms with Crippen LogP contribution in [-0.4, -0.2) is 18.3 Å². The van der Waals surface area contributed by atoms with Gasteiger partial charge in [-0.2, -0.15) is 26.9 Å². The number of para-hydroxylation sites is 1. The normalized spacial score (nSPS) is 12.4. The SMILES string of the molecule is N#Cc1c2ccccc2n2cc(OS(=O)(=O)C(F)(F)F)ccc12. The smallest absolute Gasteiger partial charge is 0.374 e. The van der Waals surface area contributed by atoms with Gasteiger partial charge in [0, 0.05) is 5.39 Å². The molecular formula is C14H7F3N2O3S. The fourth-order valence-electron chi connectivity index (χ4n) is 2.26. The number of pyridine rings is 1. The monoisotopic (exact) mass is 340 g/mol. The van der Waals surface area contributed by atoms with Crippen molar-refractivity contribution in [2.45, 2.75) is 5.51 Å². The van der Waals surface area contributed by atoms with Crippen LogP contribution in [0.3, 0.4) is 0 Å². The van der Waals surface area contributed by atoms with Crippen LogP contribution in [0.5, 0.6) is 5.75 Å². The third kappa shape index (κ3) is 2.37. The number of nitriles is 1. The molecule has 0 aliphatic rings. The molecule has 3 rings (SSSR count). The molecule has 9 heteroatoms.